The predicted octanol–water partition coefficient (Wildman–Crippen LogP) is 2.43. The number of hydrogen-bond donors (Lipinski definition) is 0. The van der Waals surface area contributed by atoms with Crippen molar-refractivity contribution in [2.75, 3.05) is 14.2 Å². The molecule has 28 heavy (non-hydrogen) atoms. The van der Waals surface area contributed by atoms with Crippen molar-refractivity contribution in [3.63, 3.8) is 0 Å². The number of oxazole rings is 1. The molecule has 0 saturated heterocycles. The van der Waals surface area contributed by atoms with Gasteiger partial charge in [-0.25, -0.2) is 4.98 Å². The molecule has 0 spiro atoms. The van der Waals surface area contributed by atoms with E-state index in [1.165, 1.54) is 32.4 Å². The number of carbonyl (C=O) groups is 1. The Morgan fingerprint density at radius 3 is 2.50 bits per heavy atom. The van der Waals surface area contributed by atoms with Gasteiger partial charge in [0, 0.05) is 18.0 Å². The SMILES string of the molecule is COc1cc(/C=C(\CC(=O)[O-])c2nc3ccccc3o2)c([N+](=O)[O-])cc1OC. The minimum absolute atomic E-state index is 0.0366. The number of aromatic nitrogens is 1. The van der Waals surface area contributed by atoms with Gasteiger partial charge in [0.2, 0.25) is 5.89 Å². The van der Waals surface area contributed by atoms with Crippen LogP contribution < -0.4 is 14.6 Å². The molecule has 3 rings (SSSR count). The molecule has 0 atom stereocenters. The molecule has 0 unspecified atom stereocenters. The van der Waals surface area contributed by atoms with E-state index in [2.05, 4.69) is 4.98 Å². The van der Waals surface area contributed by atoms with Gasteiger partial charge in [0.05, 0.1) is 30.8 Å². The molecule has 0 amide bonds. The third-order valence-electron chi connectivity index (χ3n) is 3.96. The highest BCUT2D eigenvalue weighted by Gasteiger charge is 2.20. The van der Waals surface area contributed by atoms with Crippen LogP contribution in [-0.4, -0.2) is 30.1 Å². The van der Waals surface area contributed by atoms with Crippen LogP contribution >= 0.6 is 0 Å². The zero-order valence-electron chi connectivity index (χ0n) is 15.0. The third-order valence-corrected chi connectivity index (χ3v) is 3.96. The number of nitrogens with zero attached hydrogens (tertiary/aromatic N) is 2. The van der Waals surface area contributed by atoms with E-state index in [0.29, 0.717) is 11.1 Å². The third kappa shape index (κ3) is 3.78. The minimum Gasteiger partial charge on any atom is -0.550 e. The topological polar surface area (TPSA) is 128 Å². The van der Waals surface area contributed by atoms with E-state index in [1.807, 2.05) is 0 Å². The van der Waals surface area contributed by atoms with Crippen LogP contribution in [-0.2, 0) is 4.79 Å². The van der Waals surface area contributed by atoms with Crippen LogP contribution in [0, 0.1) is 10.1 Å². The highest BCUT2D eigenvalue weighted by Crippen LogP contribution is 2.37. The Morgan fingerprint density at radius 2 is 1.89 bits per heavy atom. The Morgan fingerprint density at radius 1 is 1.21 bits per heavy atom. The first-order valence-electron chi connectivity index (χ1n) is 8.09. The standard InChI is InChI=1S/C19H16N2O7/c1-26-16-8-11(14(21(24)25)10-17(16)27-2)7-12(9-18(22)23)19-20-13-5-3-4-6-15(13)28-19/h3-8,10H,9H2,1-2H3,(H,22,23)/p-1/b12-7+. The number of carboxylic acids is 1. The average Bonchev–Trinajstić information content (AvgIpc) is 3.10. The molecule has 0 aliphatic heterocycles. The second-order valence-electron chi connectivity index (χ2n) is 5.73. The number of carbonyl (C=O) groups excluding carboxylic acids is 1. The van der Waals surface area contributed by atoms with Crippen molar-refractivity contribution in [1.82, 2.24) is 4.98 Å². The summed E-state index contributed by atoms with van der Waals surface area (Å²) in [6.07, 6.45) is 0.777. The number of hydrogen-bond acceptors (Lipinski definition) is 8. The van der Waals surface area contributed by atoms with Gasteiger partial charge in [0.25, 0.3) is 5.69 Å². The maximum Gasteiger partial charge on any atom is 0.280 e. The van der Waals surface area contributed by atoms with Crippen LogP contribution in [0.25, 0.3) is 22.7 Å². The number of rotatable bonds is 7. The van der Waals surface area contributed by atoms with Crippen molar-refractivity contribution in [2.45, 2.75) is 6.42 Å². The number of nitro groups is 1. The molecule has 0 fully saturated rings. The molecule has 0 bridgehead atoms. The minimum atomic E-state index is -1.38. The average molecular weight is 383 g/mol. The fourth-order valence-electron chi connectivity index (χ4n) is 2.70. The summed E-state index contributed by atoms with van der Waals surface area (Å²) in [4.78, 5) is 26.4. The van der Waals surface area contributed by atoms with Gasteiger partial charge in [0.1, 0.15) is 5.52 Å². The molecular formula is C19H15N2O7-. The van der Waals surface area contributed by atoms with Crippen molar-refractivity contribution in [1.29, 1.82) is 0 Å². The van der Waals surface area contributed by atoms with Crippen molar-refractivity contribution in [3.8, 4) is 11.5 Å². The largest absolute Gasteiger partial charge is 0.550 e. The number of nitro benzene ring substituents is 1. The van der Waals surface area contributed by atoms with Crippen LogP contribution in [0.5, 0.6) is 11.5 Å². The summed E-state index contributed by atoms with van der Waals surface area (Å²) in [5.74, 6) is -0.912. The van der Waals surface area contributed by atoms with Crippen molar-refractivity contribution in [2.24, 2.45) is 0 Å². The Kier molecular flexibility index (Phi) is 5.25. The summed E-state index contributed by atoms with van der Waals surface area (Å²) in [6.45, 7) is 0. The molecule has 2 aromatic carbocycles. The number of methoxy groups -OCH3 is 2. The second-order valence-corrected chi connectivity index (χ2v) is 5.73. The maximum atomic E-state index is 11.5. The summed E-state index contributed by atoms with van der Waals surface area (Å²) in [5, 5.41) is 22.7. The summed E-state index contributed by atoms with van der Waals surface area (Å²) in [7, 11) is 2.75. The lowest BCUT2D eigenvalue weighted by molar-refractivity contribution is -0.385. The Hall–Kier alpha value is -3.88. The molecule has 3 aromatic rings. The molecule has 1 aromatic heterocycles. The van der Waals surface area contributed by atoms with Crippen LogP contribution in [0.1, 0.15) is 17.9 Å². The van der Waals surface area contributed by atoms with Crippen LogP contribution in [0.15, 0.2) is 40.8 Å². The maximum absolute atomic E-state index is 11.5. The summed E-state index contributed by atoms with van der Waals surface area (Å²) in [5.41, 5.74) is 0.935. The number of fused-ring (bicyclic) bond motifs is 1. The second kappa shape index (κ2) is 7.78. The van der Waals surface area contributed by atoms with Gasteiger partial charge in [0.15, 0.2) is 17.1 Å². The Balaban J connectivity index is 2.19. The molecule has 9 heteroatoms. The highest BCUT2D eigenvalue weighted by molar-refractivity contribution is 5.91. The first kappa shape index (κ1) is 18.9. The molecule has 0 radical (unpaired) electrons. The Bertz CT molecular complexity index is 1050. The van der Waals surface area contributed by atoms with Gasteiger partial charge in [-0.15, -0.1) is 0 Å². The van der Waals surface area contributed by atoms with E-state index >= 15 is 0 Å². The molecule has 9 nitrogen and oxygen atoms in total. The van der Waals surface area contributed by atoms with E-state index in [-0.39, 0.29) is 34.2 Å². The van der Waals surface area contributed by atoms with Crippen LogP contribution in [0.2, 0.25) is 0 Å². The van der Waals surface area contributed by atoms with E-state index in [4.69, 9.17) is 13.9 Å². The molecule has 0 aliphatic carbocycles. The normalized spacial score (nSPS) is 11.4. The van der Waals surface area contributed by atoms with Gasteiger partial charge < -0.3 is 23.8 Å². The molecule has 0 saturated carbocycles. The predicted molar refractivity (Wildman–Crippen MR) is 97.7 cm³/mol. The summed E-state index contributed by atoms with van der Waals surface area (Å²) >= 11 is 0. The van der Waals surface area contributed by atoms with E-state index in [1.54, 1.807) is 24.3 Å². The number of para-hydroxylation sites is 2. The van der Waals surface area contributed by atoms with Crippen molar-refractivity contribution < 1.29 is 28.7 Å². The highest BCUT2D eigenvalue weighted by atomic mass is 16.6. The molecule has 144 valence electrons. The van der Waals surface area contributed by atoms with Gasteiger partial charge in [-0.2, -0.15) is 0 Å². The summed E-state index contributed by atoms with van der Waals surface area (Å²) < 4.78 is 15.9. The van der Waals surface area contributed by atoms with E-state index in [9.17, 15) is 20.0 Å². The molecule has 1 heterocycles. The van der Waals surface area contributed by atoms with E-state index in [0.717, 1.165) is 0 Å². The van der Waals surface area contributed by atoms with Crippen LogP contribution in [0.4, 0.5) is 5.69 Å². The zero-order chi connectivity index (χ0) is 20.3. The first-order chi connectivity index (χ1) is 13.4. The lowest BCUT2D eigenvalue weighted by Crippen LogP contribution is -2.22. The van der Waals surface area contributed by atoms with Gasteiger partial charge in [-0.3, -0.25) is 10.1 Å². The van der Waals surface area contributed by atoms with Gasteiger partial charge in [-0.1, -0.05) is 12.1 Å². The number of carboxylic acid groups (broad SMARTS) is 1. The zero-order valence-corrected chi connectivity index (χ0v) is 15.0. The van der Waals surface area contributed by atoms with Crippen molar-refractivity contribution in [3.05, 3.63) is 58.0 Å². The molecular weight excluding hydrogens is 368 g/mol. The quantitative estimate of drug-likeness (QED) is 0.449. The lowest BCUT2D eigenvalue weighted by atomic mass is 10.1. The van der Waals surface area contributed by atoms with Gasteiger partial charge in [-0.05, 0) is 24.3 Å². The van der Waals surface area contributed by atoms with Crippen LogP contribution in [0.3, 0.4) is 0 Å². The number of ether oxygens (including phenoxy) is 2. The molecule has 0 aliphatic rings. The number of aliphatic carboxylic acids is 1. The smallest absolute Gasteiger partial charge is 0.280 e. The first-order valence-corrected chi connectivity index (χ1v) is 8.09. The monoisotopic (exact) mass is 383 g/mol. The molecule has 0 N–H and O–H groups in total. The van der Waals surface area contributed by atoms with E-state index < -0.39 is 17.3 Å². The van der Waals surface area contributed by atoms with Crippen molar-refractivity contribution >= 4 is 34.4 Å². The lowest BCUT2D eigenvalue weighted by Gasteiger charge is -2.10. The van der Waals surface area contributed by atoms with Gasteiger partial charge >= 0.3 is 0 Å². The number of benzene rings is 2. The fourth-order valence-corrected chi connectivity index (χ4v) is 2.70. The Labute approximate surface area is 159 Å². The fraction of sp³-hybridized carbons (Fsp3) is 0.158. The summed E-state index contributed by atoms with van der Waals surface area (Å²) in [6, 6.07) is 9.48.